The van der Waals surface area contributed by atoms with Crippen molar-refractivity contribution in [1.82, 2.24) is 9.88 Å². The van der Waals surface area contributed by atoms with Crippen LogP contribution >= 0.6 is 0 Å². The Morgan fingerprint density at radius 2 is 2.22 bits per heavy atom. The second-order valence-corrected chi connectivity index (χ2v) is 6.38. The van der Waals surface area contributed by atoms with Crippen molar-refractivity contribution in [2.45, 2.75) is 25.7 Å². The quantitative estimate of drug-likeness (QED) is 0.775. The summed E-state index contributed by atoms with van der Waals surface area (Å²) in [6, 6.07) is 12.2. The summed E-state index contributed by atoms with van der Waals surface area (Å²) in [5, 5.41) is 1.24. The Morgan fingerprint density at radius 1 is 1.30 bits per heavy atom. The van der Waals surface area contributed by atoms with E-state index in [0.717, 1.165) is 25.9 Å². The summed E-state index contributed by atoms with van der Waals surface area (Å²) in [6.45, 7) is 3.65. The van der Waals surface area contributed by atoms with Crippen LogP contribution < -0.4 is 0 Å². The van der Waals surface area contributed by atoms with Gasteiger partial charge in [-0.1, -0.05) is 11.6 Å². The number of fused-ring (bicyclic) bond motifs is 1. The third-order valence-electron chi connectivity index (χ3n) is 4.68. The first-order chi connectivity index (χ1) is 11.2. The highest BCUT2D eigenvalue weighted by Crippen LogP contribution is 2.30. The number of amides is 1. The van der Waals surface area contributed by atoms with Gasteiger partial charge in [-0.3, -0.25) is 4.79 Å². The smallest absolute Gasteiger partial charge is 0.289 e. The maximum absolute atomic E-state index is 12.5. The van der Waals surface area contributed by atoms with Crippen LogP contribution in [-0.2, 0) is 0 Å². The number of aromatic amines is 1. The van der Waals surface area contributed by atoms with Gasteiger partial charge in [0.15, 0.2) is 5.76 Å². The van der Waals surface area contributed by atoms with Gasteiger partial charge in [0.2, 0.25) is 0 Å². The van der Waals surface area contributed by atoms with E-state index in [0.29, 0.717) is 11.7 Å². The first-order valence-electron chi connectivity index (χ1n) is 8.13. The zero-order valence-electron chi connectivity index (χ0n) is 13.2. The Morgan fingerprint density at radius 3 is 3.04 bits per heavy atom. The molecular formula is C19H20N2O2. The second kappa shape index (κ2) is 5.61. The number of furan rings is 1. The number of rotatable bonds is 2. The van der Waals surface area contributed by atoms with Crippen LogP contribution in [0.25, 0.3) is 10.9 Å². The zero-order valence-corrected chi connectivity index (χ0v) is 13.2. The molecule has 1 unspecified atom stereocenters. The molecule has 1 saturated heterocycles. The van der Waals surface area contributed by atoms with Gasteiger partial charge in [0.1, 0.15) is 0 Å². The minimum Gasteiger partial charge on any atom is -0.459 e. The van der Waals surface area contributed by atoms with E-state index in [1.54, 1.807) is 18.4 Å². The van der Waals surface area contributed by atoms with E-state index in [1.807, 2.05) is 4.90 Å². The molecule has 1 aliphatic rings. The minimum atomic E-state index is -0.00773. The summed E-state index contributed by atoms with van der Waals surface area (Å²) in [7, 11) is 0. The van der Waals surface area contributed by atoms with E-state index in [2.05, 4.69) is 36.2 Å². The summed E-state index contributed by atoms with van der Waals surface area (Å²) in [5.41, 5.74) is 3.66. The number of aromatic nitrogens is 1. The van der Waals surface area contributed by atoms with E-state index in [4.69, 9.17) is 4.42 Å². The number of carbonyl (C=O) groups excluding carboxylic acids is 1. The predicted molar refractivity (Wildman–Crippen MR) is 89.6 cm³/mol. The van der Waals surface area contributed by atoms with Gasteiger partial charge in [-0.25, -0.2) is 0 Å². The van der Waals surface area contributed by atoms with Gasteiger partial charge in [-0.15, -0.1) is 0 Å². The van der Waals surface area contributed by atoms with Crippen molar-refractivity contribution in [1.29, 1.82) is 0 Å². The van der Waals surface area contributed by atoms with E-state index in [1.165, 1.54) is 22.2 Å². The molecule has 1 aliphatic heterocycles. The van der Waals surface area contributed by atoms with Crippen LogP contribution in [-0.4, -0.2) is 28.9 Å². The SMILES string of the molecule is Cc1ccc2[nH]c(C3CCCN(C(=O)c4ccco4)C3)cc2c1. The molecule has 4 nitrogen and oxygen atoms in total. The lowest BCUT2D eigenvalue weighted by Crippen LogP contribution is -2.39. The zero-order chi connectivity index (χ0) is 15.8. The summed E-state index contributed by atoms with van der Waals surface area (Å²) in [4.78, 5) is 17.9. The van der Waals surface area contributed by atoms with Crippen molar-refractivity contribution >= 4 is 16.8 Å². The van der Waals surface area contributed by atoms with Gasteiger partial charge in [0, 0.05) is 30.2 Å². The maximum Gasteiger partial charge on any atom is 0.289 e. The Labute approximate surface area is 135 Å². The second-order valence-electron chi connectivity index (χ2n) is 6.38. The largest absolute Gasteiger partial charge is 0.459 e. The molecule has 1 aromatic carbocycles. The highest BCUT2D eigenvalue weighted by molar-refractivity contribution is 5.91. The van der Waals surface area contributed by atoms with Gasteiger partial charge in [0.05, 0.1) is 6.26 Å². The standard InChI is InChI=1S/C19H20N2O2/c1-13-6-7-16-15(10-13)11-17(20-16)14-4-2-8-21(12-14)19(22)18-5-3-9-23-18/h3,5-7,9-11,14,20H,2,4,8,12H2,1H3. The van der Waals surface area contributed by atoms with Gasteiger partial charge < -0.3 is 14.3 Å². The number of carbonyl (C=O) groups is 1. The van der Waals surface area contributed by atoms with E-state index < -0.39 is 0 Å². The Hall–Kier alpha value is -2.49. The van der Waals surface area contributed by atoms with Crippen molar-refractivity contribution in [2.24, 2.45) is 0 Å². The van der Waals surface area contributed by atoms with Crippen LogP contribution in [0, 0.1) is 6.92 Å². The number of H-pyrrole nitrogens is 1. The van der Waals surface area contributed by atoms with Crippen LogP contribution in [0.3, 0.4) is 0 Å². The van der Waals surface area contributed by atoms with E-state index in [9.17, 15) is 4.79 Å². The van der Waals surface area contributed by atoms with Crippen LogP contribution in [0.1, 0.15) is 40.6 Å². The third-order valence-corrected chi connectivity index (χ3v) is 4.68. The number of likely N-dealkylation sites (tertiary alicyclic amines) is 1. The highest BCUT2D eigenvalue weighted by Gasteiger charge is 2.27. The molecule has 0 aliphatic carbocycles. The topological polar surface area (TPSA) is 49.2 Å². The average Bonchev–Trinajstić information content (AvgIpc) is 3.23. The molecule has 1 N–H and O–H groups in total. The van der Waals surface area contributed by atoms with Gasteiger partial charge in [-0.2, -0.15) is 0 Å². The lowest BCUT2D eigenvalue weighted by molar-refractivity contribution is 0.0674. The fourth-order valence-electron chi connectivity index (χ4n) is 3.47. The molecule has 1 fully saturated rings. The molecule has 1 amide bonds. The Kier molecular flexibility index (Phi) is 3.45. The van der Waals surface area contributed by atoms with Crippen molar-refractivity contribution in [3.05, 3.63) is 59.7 Å². The minimum absolute atomic E-state index is 0.00773. The molecule has 2 aromatic heterocycles. The molecule has 0 spiro atoms. The monoisotopic (exact) mass is 308 g/mol. The number of nitrogens with zero attached hydrogens (tertiary/aromatic N) is 1. The molecule has 118 valence electrons. The molecule has 3 aromatic rings. The molecule has 4 heteroatoms. The first-order valence-corrected chi connectivity index (χ1v) is 8.13. The Balaban J connectivity index is 1.57. The van der Waals surface area contributed by atoms with Gasteiger partial charge >= 0.3 is 0 Å². The fraction of sp³-hybridized carbons (Fsp3) is 0.316. The van der Waals surface area contributed by atoms with Crippen molar-refractivity contribution < 1.29 is 9.21 Å². The number of hydrogen-bond acceptors (Lipinski definition) is 2. The summed E-state index contributed by atoms with van der Waals surface area (Å²) in [6.07, 6.45) is 3.67. The molecule has 4 rings (SSSR count). The third kappa shape index (κ3) is 2.65. The average molecular weight is 308 g/mol. The number of nitrogens with one attached hydrogen (secondary N) is 1. The molecule has 1 atom stereocenters. The lowest BCUT2D eigenvalue weighted by atomic mass is 9.94. The predicted octanol–water partition coefficient (Wildman–Crippen LogP) is 4.09. The van der Waals surface area contributed by atoms with Crippen molar-refractivity contribution in [2.75, 3.05) is 13.1 Å². The van der Waals surface area contributed by atoms with E-state index in [-0.39, 0.29) is 5.91 Å². The maximum atomic E-state index is 12.5. The number of hydrogen-bond donors (Lipinski definition) is 1. The molecule has 3 heterocycles. The highest BCUT2D eigenvalue weighted by atomic mass is 16.3. The van der Waals surface area contributed by atoms with Crippen LogP contribution in [0.4, 0.5) is 0 Å². The van der Waals surface area contributed by atoms with Crippen LogP contribution in [0.15, 0.2) is 47.1 Å². The lowest BCUT2D eigenvalue weighted by Gasteiger charge is -2.31. The number of benzene rings is 1. The first kappa shape index (κ1) is 14.1. The normalized spacial score (nSPS) is 18.5. The molecule has 0 saturated carbocycles. The van der Waals surface area contributed by atoms with Crippen LogP contribution in [0.5, 0.6) is 0 Å². The van der Waals surface area contributed by atoms with Crippen molar-refractivity contribution in [3.63, 3.8) is 0 Å². The molecule has 0 radical (unpaired) electrons. The van der Waals surface area contributed by atoms with Gasteiger partial charge in [-0.05, 0) is 55.5 Å². The van der Waals surface area contributed by atoms with E-state index >= 15 is 0 Å². The summed E-state index contributed by atoms with van der Waals surface area (Å²) < 4.78 is 5.25. The molecule has 0 bridgehead atoms. The summed E-state index contributed by atoms with van der Waals surface area (Å²) in [5.74, 6) is 0.778. The molecule has 23 heavy (non-hydrogen) atoms. The number of aryl methyl sites for hydroxylation is 1. The van der Waals surface area contributed by atoms with Crippen LogP contribution in [0.2, 0.25) is 0 Å². The molecular weight excluding hydrogens is 288 g/mol. The summed E-state index contributed by atoms with van der Waals surface area (Å²) >= 11 is 0. The number of piperidine rings is 1. The van der Waals surface area contributed by atoms with Gasteiger partial charge in [0.25, 0.3) is 5.91 Å². The fourth-order valence-corrected chi connectivity index (χ4v) is 3.47. The van der Waals surface area contributed by atoms with Crippen molar-refractivity contribution in [3.8, 4) is 0 Å². The Bertz CT molecular complexity index is 832.